The van der Waals surface area contributed by atoms with Gasteiger partial charge in [-0.15, -0.1) is 0 Å². The molecule has 0 radical (unpaired) electrons. The zero-order valence-corrected chi connectivity index (χ0v) is 15.4. The zero-order valence-electron chi connectivity index (χ0n) is 15.4. The molecule has 134 valence electrons. The average Bonchev–Trinajstić information content (AvgIpc) is 2.71. The standard InChI is InChI=1S/C22H24N2O2/c1-25-17-9-11-19-15(13-17)5-3-7-21(19)23-24-22-8-4-6-16-14-18(26-2)10-12-20(16)22/h9-14H,3-8H2,1-2H3/b23-21+,24-22+. The maximum Gasteiger partial charge on any atom is 0.119 e. The third-order valence-electron chi connectivity index (χ3n) is 5.26. The Hall–Kier alpha value is -2.62. The number of hydrogen-bond donors (Lipinski definition) is 0. The lowest BCUT2D eigenvalue weighted by Crippen LogP contribution is -2.14. The van der Waals surface area contributed by atoms with Crippen molar-refractivity contribution in [2.45, 2.75) is 38.5 Å². The fraction of sp³-hybridized carbons (Fsp3) is 0.364. The summed E-state index contributed by atoms with van der Waals surface area (Å²) in [6.45, 7) is 0. The van der Waals surface area contributed by atoms with Gasteiger partial charge in [-0.25, -0.2) is 0 Å². The minimum absolute atomic E-state index is 0.909. The maximum absolute atomic E-state index is 5.35. The molecular formula is C22H24N2O2. The van der Waals surface area contributed by atoms with Crippen LogP contribution in [0.5, 0.6) is 11.5 Å². The summed E-state index contributed by atoms with van der Waals surface area (Å²) in [5.41, 5.74) is 7.22. The van der Waals surface area contributed by atoms with E-state index in [0.29, 0.717) is 0 Å². The van der Waals surface area contributed by atoms with E-state index in [-0.39, 0.29) is 0 Å². The molecule has 0 amide bonds. The second-order valence-corrected chi connectivity index (χ2v) is 6.85. The number of ether oxygens (including phenoxy) is 2. The van der Waals surface area contributed by atoms with Gasteiger partial charge in [0.1, 0.15) is 11.5 Å². The van der Waals surface area contributed by atoms with Crippen molar-refractivity contribution in [2.75, 3.05) is 14.2 Å². The van der Waals surface area contributed by atoms with Crippen LogP contribution in [0, 0.1) is 0 Å². The van der Waals surface area contributed by atoms with E-state index >= 15 is 0 Å². The van der Waals surface area contributed by atoms with Crippen molar-refractivity contribution in [3.8, 4) is 11.5 Å². The number of aryl methyl sites for hydroxylation is 2. The quantitative estimate of drug-likeness (QED) is 0.763. The largest absolute Gasteiger partial charge is 0.497 e. The molecule has 0 heterocycles. The molecule has 0 saturated heterocycles. The summed E-state index contributed by atoms with van der Waals surface area (Å²) in [7, 11) is 3.42. The highest BCUT2D eigenvalue weighted by atomic mass is 16.5. The molecule has 0 N–H and O–H groups in total. The van der Waals surface area contributed by atoms with Crippen LogP contribution in [-0.4, -0.2) is 25.6 Å². The first-order valence-corrected chi connectivity index (χ1v) is 9.26. The van der Waals surface area contributed by atoms with Crippen molar-refractivity contribution in [3.63, 3.8) is 0 Å². The fourth-order valence-corrected chi connectivity index (χ4v) is 3.86. The van der Waals surface area contributed by atoms with Gasteiger partial charge in [-0.3, -0.25) is 0 Å². The van der Waals surface area contributed by atoms with Gasteiger partial charge in [-0.2, -0.15) is 10.2 Å². The van der Waals surface area contributed by atoms with Crippen molar-refractivity contribution < 1.29 is 9.47 Å². The molecule has 0 spiro atoms. The lowest BCUT2D eigenvalue weighted by atomic mass is 9.89. The molecule has 0 bridgehead atoms. The Bertz CT molecular complexity index is 810. The van der Waals surface area contributed by atoms with Crippen LogP contribution in [0.25, 0.3) is 0 Å². The third-order valence-corrected chi connectivity index (χ3v) is 5.26. The lowest BCUT2D eigenvalue weighted by molar-refractivity contribution is 0.414. The average molecular weight is 348 g/mol. The summed E-state index contributed by atoms with van der Waals surface area (Å²) in [5.74, 6) is 1.82. The molecule has 0 aliphatic heterocycles. The van der Waals surface area contributed by atoms with Gasteiger partial charge in [0.25, 0.3) is 0 Å². The minimum atomic E-state index is 0.909. The topological polar surface area (TPSA) is 43.2 Å². The van der Waals surface area contributed by atoms with E-state index in [1.165, 1.54) is 22.3 Å². The van der Waals surface area contributed by atoms with Crippen LogP contribution in [0.2, 0.25) is 0 Å². The Kier molecular flexibility index (Phi) is 4.74. The molecule has 0 saturated carbocycles. The van der Waals surface area contributed by atoms with Crippen LogP contribution in [0.15, 0.2) is 46.6 Å². The number of hydrogen-bond acceptors (Lipinski definition) is 4. The molecule has 0 unspecified atom stereocenters. The number of methoxy groups -OCH3 is 2. The van der Waals surface area contributed by atoms with E-state index < -0.39 is 0 Å². The molecule has 4 heteroatoms. The van der Waals surface area contributed by atoms with Crippen molar-refractivity contribution in [3.05, 3.63) is 58.7 Å². The van der Waals surface area contributed by atoms with Gasteiger partial charge in [0.15, 0.2) is 0 Å². The molecule has 2 aliphatic carbocycles. The number of fused-ring (bicyclic) bond motifs is 2. The van der Waals surface area contributed by atoms with Crippen molar-refractivity contribution >= 4 is 11.4 Å². The fourth-order valence-electron chi connectivity index (χ4n) is 3.86. The molecule has 0 atom stereocenters. The predicted octanol–water partition coefficient (Wildman–Crippen LogP) is 4.57. The van der Waals surface area contributed by atoms with Crippen LogP contribution in [0.4, 0.5) is 0 Å². The second kappa shape index (κ2) is 7.32. The van der Waals surface area contributed by atoms with Gasteiger partial charge in [0.2, 0.25) is 0 Å². The van der Waals surface area contributed by atoms with Crippen molar-refractivity contribution in [1.29, 1.82) is 0 Å². The molecule has 0 fully saturated rings. The Morgan fingerprint density at radius 2 is 1.12 bits per heavy atom. The van der Waals surface area contributed by atoms with Crippen LogP contribution in [0.1, 0.15) is 47.9 Å². The van der Waals surface area contributed by atoms with E-state index in [0.717, 1.165) is 61.4 Å². The van der Waals surface area contributed by atoms with Gasteiger partial charge in [-0.1, -0.05) is 0 Å². The molecule has 4 rings (SSSR count). The maximum atomic E-state index is 5.35. The molecule has 4 nitrogen and oxygen atoms in total. The number of rotatable bonds is 3. The van der Waals surface area contributed by atoms with E-state index in [1.807, 2.05) is 12.1 Å². The summed E-state index contributed by atoms with van der Waals surface area (Å²) in [6, 6.07) is 12.5. The summed E-state index contributed by atoms with van der Waals surface area (Å²) < 4.78 is 10.7. The number of nitrogens with zero attached hydrogens (tertiary/aromatic N) is 2. The number of benzene rings is 2. The van der Waals surface area contributed by atoms with Crippen LogP contribution in [-0.2, 0) is 12.8 Å². The third kappa shape index (κ3) is 3.24. The predicted molar refractivity (Wildman–Crippen MR) is 105 cm³/mol. The van der Waals surface area contributed by atoms with Gasteiger partial charge >= 0.3 is 0 Å². The highest BCUT2D eigenvalue weighted by Gasteiger charge is 2.18. The monoisotopic (exact) mass is 348 g/mol. The van der Waals surface area contributed by atoms with Crippen molar-refractivity contribution in [1.82, 2.24) is 0 Å². The highest BCUT2D eigenvalue weighted by molar-refractivity contribution is 6.05. The van der Waals surface area contributed by atoms with Gasteiger partial charge in [0.05, 0.1) is 25.6 Å². The van der Waals surface area contributed by atoms with Gasteiger partial charge in [-0.05, 0) is 86.1 Å². The molecule has 2 aromatic rings. The molecule has 2 aromatic carbocycles. The minimum Gasteiger partial charge on any atom is -0.497 e. The first-order valence-electron chi connectivity index (χ1n) is 9.26. The smallest absolute Gasteiger partial charge is 0.119 e. The first-order chi connectivity index (χ1) is 12.8. The molecular weight excluding hydrogens is 324 g/mol. The molecule has 26 heavy (non-hydrogen) atoms. The first kappa shape index (κ1) is 16.8. The van der Waals surface area contributed by atoms with Gasteiger partial charge in [0, 0.05) is 11.1 Å². The second-order valence-electron chi connectivity index (χ2n) is 6.85. The van der Waals surface area contributed by atoms with E-state index in [9.17, 15) is 0 Å². The Labute approximate surface area is 154 Å². The van der Waals surface area contributed by atoms with Crippen LogP contribution >= 0.6 is 0 Å². The molecule has 0 aromatic heterocycles. The Morgan fingerprint density at radius 1 is 0.654 bits per heavy atom. The zero-order chi connectivity index (χ0) is 17.9. The Balaban J connectivity index is 1.67. The summed E-state index contributed by atoms with van der Waals surface area (Å²) in [4.78, 5) is 0. The van der Waals surface area contributed by atoms with Crippen LogP contribution in [0.3, 0.4) is 0 Å². The van der Waals surface area contributed by atoms with E-state index in [4.69, 9.17) is 9.47 Å². The highest BCUT2D eigenvalue weighted by Crippen LogP contribution is 2.28. The normalized spacial score (nSPS) is 19.2. The van der Waals surface area contributed by atoms with Gasteiger partial charge < -0.3 is 9.47 Å². The lowest BCUT2D eigenvalue weighted by Gasteiger charge is -2.19. The van der Waals surface area contributed by atoms with Crippen molar-refractivity contribution in [2.24, 2.45) is 10.2 Å². The van der Waals surface area contributed by atoms with Crippen LogP contribution < -0.4 is 9.47 Å². The Morgan fingerprint density at radius 3 is 1.54 bits per heavy atom. The molecule has 2 aliphatic rings. The van der Waals surface area contributed by atoms with E-state index in [2.05, 4.69) is 34.5 Å². The summed E-state index contributed by atoms with van der Waals surface area (Å²) in [6.07, 6.45) is 6.32. The summed E-state index contributed by atoms with van der Waals surface area (Å²) in [5, 5.41) is 9.36. The summed E-state index contributed by atoms with van der Waals surface area (Å²) >= 11 is 0. The SMILES string of the molecule is COc1ccc2c(c1)CCC/C2=N\N=C1/CCCc2cc(OC)ccc21. The van der Waals surface area contributed by atoms with E-state index in [1.54, 1.807) is 14.2 Å².